The number of aliphatic carboxylic acids is 1. The highest BCUT2D eigenvalue weighted by Gasteiger charge is 2.21. The Morgan fingerprint density at radius 1 is 1.25 bits per heavy atom. The van der Waals surface area contributed by atoms with Crippen LogP contribution in [0.4, 0.5) is 5.69 Å². The van der Waals surface area contributed by atoms with Crippen LogP contribution in [0, 0.1) is 0 Å². The SMILES string of the molecule is CC(=O)Nc1ccc(CC(=O)N(C)C(C)C(=O)O)cc1. The molecule has 20 heavy (non-hydrogen) atoms. The van der Waals surface area contributed by atoms with Gasteiger partial charge in [0.15, 0.2) is 0 Å². The largest absolute Gasteiger partial charge is 0.480 e. The normalized spacial score (nSPS) is 11.6. The first-order valence-electron chi connectivity index (χ1n) is 6.16. The third-order valence-corrected chi connectivity index (χ3v) is 2.96. The van der Waals surface area contributed by atoms with Crippen LogP contribution in [0.1, 0.15) is 19.4 Å². The van der Waals surface area contributed by atoms with Crippen molar-refractivity contribution in [2.75, 3.05) is 12.4 Å². The second-order valence-corrected chi connectivity index (χ2v) is 4.57. The monoisotopic (exact) mass is 278 g/mol. The number of likely N-dealkylation sites (N-methyl/N-ethyl adjacent to an activating group) is 1. The summed E-state index contributed by atoms with van der Waals surface area (Å²) in [6, 6.07) is 5.99. The van der Waals surface area contributed by atoms with Crippen molar-refractivity contribution in [3.63, 3.8) is 0 Å². The summed E-state index contributed by atoms with van der Waals surface area (Å²) in [7, 11) is 1.47. The minimum Gasteiger partial charge on any atom is -0.480 e. The van der Waals surface area contributed by atoms with E-state index in [9.17, 15) is 14.4 Å². The minimum atomic E-state index is -1.04. The average molecular weight is 278 g/mol. The van der Waals surface area contributed by atoms with E-state index in [-0.39, 0.29) is 18.2 Å². The molecule has 0 aromatic heterocycles. The van der Waals surface area contributed by atoms with Crippen molar-refractivity contribution in [1.29, 1.82) is 0 Å². The number of carbonyl (C=O) groups excluding carboxylic acids is 2. The lowest BCUT2D eigenvalue weighted by atomic mass is 10.1. The molecule has 1 aromatic carbocycles. The molecule has 0 saturated heterocycles. The third kappa shape index (κ3) is 4.38. The van der Waals surface area contributed by atoms with E-state index < -0.39 is 12.0 Å². The molecule has 1 atom stereocenters. The molecule has 1 rings (SSSR count). The maximum atomic E-state index is 11.9. The third-order valence-electron chi connectivity index (χ3n) is 2.96. The first-order chi connectivity index (χ1) is 9.31. The standard InChI is InChI=1S/C14H18N2O4/c1-9(14(19)20)16(3)13(18)8-11-4-6-12(7-5-11)15-10(2)17/h4-7,9H,8H2,1-3H3,(H,15,17)(H,19,20). The van der Waals surface area contributed by atoms with Crippen LogP contribution >= 0.6 is 0 Å². The van der Waals surface area contributed by atoms with E-state index >= 15 is 0 Å². The Labute approximate surface area is 117 Å². The molecule has 2 N–H and O–H groups in total. The van der Waals surface area contributed by atoms with Gasteiger partial charge in [0.2, 0.25) is 11.8 Å². The highest BCUT2D eigenvalue weighted by molar-refractivity contribution is 5.89. The summed E-state index contributed by atoms with van der Waals surface area (Å²) in [6.45, 7) is 2.87. The quantitative estimate of drug-likeness (QED) is 0.845. The number of carbonyl (C=O) groups is 3. The fourth-order valence-corrected chi connectivity index (χ4v) is 1.59. The van der Waals surface area contributed by atoms with Gasteiger partial charge in [-0.15, -0.1) is 0 Å². The summed E-state index contributed by atoms with van der Waals surface area (Å²) in [4.78, 5) is 34.8. The van der Waals surface area contributed by atoms with Crippen molar-refractivity contribution in [2.45, 2.75) is 26.3 Å². The Hall–Kier alpha value is -2.37. The van der Waals surface area contributed by atoms with Crippen LogP contribution in [-0.2, 0) is 20.8 Å². The van der Waals surface area contributed by atoms with E-state index in [1.165, 1.54) is 25.8 Å². The number of rotatable bonds is 5. The van der Waals surface area contributed by atoms with Crippen molar-refractivity contribution in [3.05, 3.63) is 29.8 Å². The molecule has 2 amide bonds. The van der Waals surface area contributed by atoms with E-state index in [0.29, 0.717) is 5.69 Å². The van der Waals surface area contributed by atoms with Gasteiger partial charge in [0.25, 0.3) is 0 Å². The molecule has 0 aliphatic carbocycles. The van der Waals surface area contributed by atoms with Crippen LogP contribution in [-0.4, -0.2) is 40.9 Å². The lowest BCUT2D eigenvalue weighted by Gasteiger charge is -2.21. The van der Waals surface area contributed by atoms with Gasteiger partial charge in [0, 0.05) is 19.7 Å². The van der Waals surface area contributed by atoms with Gasteiger partial charge in [-0.05, 0) is 24.6 Å². The molecule has 1 unspecified atom stereocenters. The number of hydrogen-bond donors (Lipinski definition) is 2. The van der Waals surface area contributed by atoms with Crippen molar-refractivity contribution >= 4 is 23.5 Å². The lowest BCUT2D eigenvalue weighted by molar-refractivity contribution is -0.148. The Bertz CT molecular complexity index is 510. The number of benzene rings is 1. The summed E-state index contributed by atoms with van der Waals surface area (Å²) in [5.74, 6) is -1.47. The summed E-state index contributed by atoms with van der Waals surface area (Å²) in [6.07, 6.45) is 0.120. The predicted octanol–water partition coefficient (Wildman–Crippen LogP) is 1.12. The molecule has 0 aliphatic heterocycles. The van der Waals surface area contributed by atoms with Crippen molar-refractivity contribution < 1.29 is 19.5 Å². The molecular formula is C14H18N2O4. The van der Waals surface area contributed by atoms with Crippen LogP contribution in [0.3, 0.4) is 0 Å². The maximum Gasteiger partial charge on any atom is 0.326 e. The van der Waals surface area contributed by atoms with Crippen LogP contribution < -0.4 is 5.32 Å². The first-order valence-corrected chi connectivity index (χ1v) is 6.16. The summed E-state index contributed by atoms with van der Waals surface area (Å²) in [5, 5.41) is 11.5. The molecule has 0 heterocycles. The molecular weight excluding hydrogens is 260 g/mol. The van der Waals surface area contributed by atoms with Crippen LogP contribution in [0.5, 0.6) is 0 Å². The maximum absolute atomic E-state index is 11.9. The zero-order valence-electron chi connectivity index (χ0n) is 11.7. The van der Waals surface area contributed by atoms with Gasteiger partial charge in [-0.25, -0.2) is 4.79 Å². The Balaban J connectivity index is 2.66. The number of anilines is 1. The van der Waals surface area contributed by atoms with Crippen LogP contribution in [0.15, 0.2) is 24.3 Å². The Morgan fingerprint density at radius 2 is 1.80 bits per heavy atom. The second-order valence-electron chi connectivity index (χ2n) is 4.57. The molecule has 0 fully saturated rings. The molecule has 108 valence electrons. The van der Waals surface area contributed by atoms with E-state index in [2.05, 4.69) is 5.32 Å². The Kier molecular flexibility index (Phi) is 5.25. The number of carboxylic acid groups (broad SMARTS) is 1. The molecule has 0 radical (unpaired) electrons. The first kappa shape index (κ1) is 15.7. The number of hydrogen-bond acceptors (Lipinski definition) is 3. The molecule has 0 spiro atoms. The van der Waals surface area contributed by atoms with Crippen molar-refractivity contribution in [3.8, 4) is 0 Å². The highest BCUT2D eigenvalue weighted by atomic mass is 16.4. The minimum absolute atomic E-state index is 0.120. The lowest BCUT2D eigenvalue weighted by Crippen LogP contribution is -2.41. The number of nitrogens with zero attached hydrogens (tertiary/aromatic N) is 1. The van der Waals surface area contributed by atoms with E-state index in [1.807, 2.05) is 0 Å². The van der Waals surface area contributed by atoms with Gasteiger partial charge in [-0.2, -0.15) is 0 Å². The smallest absolute Gasteiger partial charge is 0.326 e. The molecule has 0 saturated carbocycles. The van der Waals surface area contributed by atoms with Gasteiger partial charge >= 0.3 is 5.97 Å². The fourth-order valence-electron chi connectivity index (χ4n) is 1.59. The van der Waals surface area contributed by atoms with E-state index in [0.717, 1.165) is 5.56 Å². The van der Waals surface area contributed by atoms with Gasteiger partial charge in [-0.1, -0.05) is 12.1 Å². The van der Waals surface area contributed by atoms with Gasteiger partial charge in [-0.3, -0.25) is 9.59 Å². The predicted molar refractivity (Wildman–Crippen MR) is 74.3 cm³/mol. The topological polar surface area (TPSA) is 86.7 Å². The van der Waals surface area contributed by atoms with Gasteiger partial charge in [0.05, 0.1) is 6.42 Å². The molecule has 6 nitrogen and oxygen atoms in total. The average Bonchev–Trinajstić information content (AvgIpc) is 2.38. The molecule has 1 aromatic rings. The second kappa shape index (κ2) is 6.70. The molecule has 0 bridgehead atoms. The Morgan fingerprint density at radius 3 is 2.25 bits per heavy atom. The van der Waals surface area contributed by atoms with Gasteiger partial charge < -0.3 is 15.3 Å². The van der Waals surface area contributed by atoms with E-state index in [4.69, 9.17) is 5.11 Å². The number of nitrogens with one attached hydrogen (secondary N) is 1. The van der Waals surface area contributed by atoms with Gasteiger partial charge in [0.1, 0.15) is 6.04 Å². The molecule has 0 aliphatic rings. The van der Waals surface area contributed by atoms with Crippen molar-refractivity contribution in [2.24, 2.45) is 0 Å². The number of amides is 2. The van der Waals surface area contributed by atoms with Crippen LogP contribution in [0.25, 0.3) is 0 Å². The zero-order chi connectivity index (χ0) is 15.3. The molecule has 6 heteroatoms. The zero-order valence-corrected chi connectivity index (χ0v) is 11.7. The van der Waals surface area contributed by atoms with E-state index in [1.54, 1.807) is 24.3 Å². The van der Waals surface area contributed by atoms with Crippen molar-refractivity contribution in [1.82, 2.24) is 4.90 Å². The number of carboxylic acids is 1. The summed E-state index contributed by atoms with van der Waals surface area (Å²) < 4.78 is 0. The van der Waals surface area contributed by atoms with Crippen LogP contribution in [0.2, 0.25) is 0 Å². The summed E-state index contributed by atoms with van der Waals surface area (Å²) >= 11 is 0. The fraction of sp³-hybridized carbons (Fsp3) is 0.357. The highest BCUT2D eigenvalue weighted by Crippen LogP contribution is 2.11. The summed E-state index contributed by atoms with van der Waals surface area (Å²) in [5.41, 5.74) is 1.41.